The average Bonchev–Trinajstić information content (AvgIpc) is 3.22. The fourth-order valence-corrected chi connectivity index (χ4v) is 3.67. The van der Waals surface area contributed by atoms with Crippen molar-refractivity contribution in [2.45, 2.75) is 20.4 Å². The summed E-state index contributed by atoms with van der Waals surface area (Å²) in [6, 6.07) is 3.71. The van der Waals surface area contributed by atoms with E-state index in [-0.39, 0.29) is 5.92 Å². The average molecular weight is 427 g/mol. The number of methoxy groups -OCH3 is 1. The summed E-state index contributed by atoms with van der Waals surface area (Å²) in [6.45, 7) is 5.04. The molecule has 0 radical (unpaired) electrons. The Morgan fingerprint density at radius 2 is 2.17 bits per heavy atom. The number of nitrogens with zero attached hydrogens (tertiary/aromatic N) is 7. The number of fused-ring (bicyclic) bond motifs is 2. The zero-order chi connectivity index (χ0) is 20.8. The third-order valence-corrected chi connectivity index (χ3v) is 5.21. The molecule has 0 aromatic carbocycles. The molecule has 5 heterocycles. The maximum Gasteiger partial charge on any atom is 0.257 e. The van der Waals surface area contributed by atoms with E-state index in [1.807, 2.05) is 19.1 Å². The molecule has 0 amide bonds. The lowest BCUT2D eigenvalue weighted by Crippen LogP contribution is -2.16. The number of hydrogen-bond donors (Lipinski definition) is 1. The molecule has 11 heteroatoms. The number of nitrogens with one attached hydrogen (secondary N) is 1. The summed E-state index contributed by atoms with van der Waals surface area (Å²) in [5, 5.41) is 13.4. The molecule has 4 aromatic rings. The summed E-state index contributed by atoms with van der Waals surface area (Å²) in [5.41, 5.74) is 2.86. The number of hydrogen-bond acceptors (Lipinski definition) is 8. The maximum absolute atomic E-state index is 6.26. The second kappa shape index (κ2) is 7.13. The van der Waals surface area contributed by atoms with Gasteiger partial charge >= 0.3 is 0 Å². The maximum atomic E-state index is 6.26. The van der Waals surface area contributed by atoms with Crippen LogP contribution in [0, 0.1) is 12.8 Å². The molecule has 0 spiro atoms. The minimum Gasteiger partial charge on any atom is -0.479 e. The molecule has 1 atom stereocenters. The summed E-state index contributed by atoms with van der Waals surface area (Å²) in [5.74, 6) is 1.46. The van der Waals surface area contributed by atoms with E-state index in [2.05, 4.69) is 37.4 Å². The third kappa shape index (κ3) is 3.00. The van der Waals surface area contributed by atoms with Crippen LogP contribution in [0.1, 0.15) is 12.6 Å². The molecule has 10 nitrogen and oxygen atoms in total. The Kier molecular flexibility index (Phi) is 4.43. The molecule has 1 aliphatic rings. The summed E-state index contributed by atoms with van der Waals surface area (Å²) in [4.78, 5) is 13.3. The zero-order valence-electron chi connectivity index (χ0n) is 16.6. The fraction of sp³-hybridized carbons (Fsp3) is 0.316. The predicted octanol–water partition coefficient (Wildman–Crippen LogP) is 3.15. The van der Waals surface area contributed by atoms with Crippen LogP contribution < -0.4 is 14.8 Å². The van der Waals surface area contributed by atoms with Gasteiger partial charge in [-0.1, -0.05) is 18.5 Å². The fourth-order valence-electron chi connectivity index (χ4n) is 3.45. The largest absolute Gasteiger partial charge is 0.479 e. The summed E-state index contributed by atoms with van der Waals surface area (Å²) < 4.78 is 15.0. The van der Waals surface area contributed by atoms with E-state index >= 15 is 0 Å². The van der Waals surface area contributed by atoms with E-state index in [1.54, 1.807) is 28.9 Å². The van der Waals surface area contributed by atoms with Crippen molar-refractivity contribution in [1.29, 1.82) is 0 Å². The molecule has 2 bridgehead atoms. The third-order valence-electron chi connectivity index (χ3n) is 4.93. The van der Waals surface area contributed by atoms with E-state index in [9.17, 15) is 0 Å². The highest BCUT2D eigenvalue weighted by atomic mass is 35.5. The second-order valence-electron chi connectivity index (χ2n) is 7.15. The number of halogens is 1. The Balaban J connectivity index is 1.66. The molecule has 0 fully saturated rings. The van der Waals surface area contributed by atoms with Crippen molar-refractivity contribution in [1.82, 2.24) is 34.5 Å². The van der Waals surface area contributed by atoms with Gasteiger partial charge in [-0.3, -0.25) is 0 Å². The number of anilines is 2. The standard InChI is InChI=1S/C19H19ClN8O2/c1-10-8-27-16-12(15(20)25-27)7-22-19(24-16)23-14-11(2)28(26-18(14)30-9-10)13-5-4-6-21-17(13)29-3/h4-7,10H,8-9H2,1-3H3,(H,22,23,24)/t10-/m0/s1. The van der Waals surface area contributed by atoms with Gasteiger partial charge in [-0.2, -0.15) is 10.1 Å². The number of ether oxygens (including phenoxy) is 2. The first-order valence-electron chi connectivity index (χ1n) is 9.43. The molecular formula is C19H19ClN8O2. The van der Waals surface area contributed by atoms with E-state index < -0.39 is 0 Å². The van der Waals surface area contributed by atoms with E-state index in [0.717, 1.165) is 5.69 Å². The molecule has 30 heavy (non-hydrogen) atoms. The lowest BCUT2D eigenvalue weighted by Gasteiger charge is -2.12. The van der Waals surface area contributed by atoms with E-state index in [1.165, 1.54) is 0 Å². The van der Waals surface area contributed by atoms with Crippen LogP contribution in [0.4, 0.5) is 11.6 Å². The van der Waals surface area contributed by atoms with Gasteiger partial charge in [0.15, 0.2) is 10.8 Å². The Bertz CT molecular complexity index is 1250. The first-order chi connectivity index (χ1) is 14.5. The van der Waals surface area contributed by atoms with Gasteiger partial charge in [-0.15, -0.1) is 5.10 Å². The topological polar surface area (TPSA) is 105 Å². The Morgan fingerprint density at radius 1 is 1.30 bits per heavy atom. The number of rotatable bonds is 2. The van der Waals surface area contributed by atoms with Crippen molar-refractivity contribution in [2.75, 3.05) is 19.0 Å². The van der Waals surface area contributed by atoms with Gasteiger partial charge in [-0.05, 0) is 19.1 Å². The van der Waals surface area contributed by atoms with Crippen molar-refractivity contribution >= 4 is 34.3 Å². The van der Waals surface area contributed by atoms with Crippen LogP contribution in [-0.2, 0) is 6.54 Å². The summed E-state index contributed by atoms with van der Waals surface area (Å²) in [6.07, 6.45) is 3.34. The van der Waals surface area contributed by atoms with Gasteiger partial charge < -0.3 is 14.8 Å². The molecule has 0 saturated heterocycles. The van der Waals surface area contributed by atoms with Crippen LogP contribution in [0.25, 0.3) is 16.7 Å². The Morgan fingerprint density at radius 3 is 3.00 bits per heavy atom. The molecule has 154 valence electrons. The minimum absolute atomic E-state index is 0.145. The second-order valence-corrected chi connectivity index (χ2v) is 7.51. The number of pyridine rings is 1. The molecular weight excluding hydrogens is 408 g/mol. The summed E-state index contributed by atoms with van der Waals surface area (Å²) >= 11 is 6.26. The van der Waals surface area contributed by atoms with Crippen molar-refractivity contribution in [3.8, 4) is 17.4 Å². The molecule has 1 N–H and O–H groups in total. The van der Waals surface area contributed by atoms with E-state index in [4.69, 9.17) is 21.1 Å². The quantitative estimate of drug-likeness (QED) is 0.521. The van der Waals surface area contributed by atoms with Crippen LogP contribution in [0.2, 0.25) is 5.15 Å². The van der Waals surface area contributed by atoms with Crippen LogP contribution >= 0.6 is 11.6 Å². The Hall–Kier alpha value is -3.40. The van der Waals surface area contributed by atoms with Crippen molar-refractivity contribution < 1.29 is 9.47 Å². The molecule has 0 unspecified atom stereocenters. The van der Waals surface area contributed by atoms with Gasteiger partial charge in [0.1, 0.15) is 11.4 Å². The smallest absolute Gasteiger partial charge is 0.257 e. The highest BCUT2D eigenvalue weighted by Crippen LogP contribution is 2.34. The first-order valence-corrected chi connectivity index (χ1v) is 9.81. The van der Waals surface area contributed by atoms with Crippen LogP contribution in [0.15, 0.2) is 24.5 Å². The highest BCUT2D eigenvalue weighted by Gasteiger charge is 2.23. The molecule has 5 rings (SSSR count). The molecule has 0 saturated carbocycles. The molecule has 4 aromatic heterocycles. The van der Waals surface area contributed by atoms with Gasteiger partial charge in [0.05, 0.1) is 24.8 Å². The molecule has 1 aliphatic heterocycles. The van der Waals surface area contributed by atoms with Gasteiger partial charge in [0.2, 0.25) is 11.8 Å². The van der Waals surface area contributed by atoms with Crippen molar-refractivity contribution in [3.05, 3.63) is 35.4 Å². The monoisotopic (exact) mass is 426 g/mol. The normalized spacial score (nSPS) is 15.9. The lowest BCUT2D eigenvalue weighted by molar-refractivity contribution is 0.233. The van der Waals surface area contributed by atoms with Gasteiger partial charge in [0, 0.05) is 24.9 Å². The van der Waals surface area contributed by atoms with Crippen LogP contribution in [0.5, 0.6) is 11.8 Å². The number of aromatic nitrogens is 7. The molecule has 0 aliphatic carbocycles. The lowest BCUT2D eigenvalue weighted by atomic mass is 10.2. The SMILES string of the molecule is COc1ncccc1-n1nc2c(c1C)Nc1ncc3c(Cl)nn(c3n1)C[C@H](C)CO2. The summed E-state index contributed by atoms with van der Waals surface area (Å²) in [7, 11) is 1.58. The van der Waals surface area contributed by atoms with Crippen LogP contribution in [-0.4, -0.2) is 48.2 Å². The minimum atomic E-state index is 0.145. The van der Waals surface area contributed by atoms with Crippen molar-refractivity contribution in [2.24, 2.45) is 5.92 Å². The first kappa shape index (κ1) is 18.6. The van der Waals surface area contributed by atoms with E-state index in [0.29, 0.717) is 58.4 Å². The predicted molar refractivity (Wildman–Crippen MR) is 111 cm³/mol. The van der Waals surface area contributed by atoms with Gasteiger partial charge in [-0.25, -0.2) is 19.3 Å². The van der Waals surface area contributed by atoms with Crippen molar-refractivity contribution in [3.63, 3.8) is 0 Å². The van der Waals surface area contributed by atoms with Crippen LogP contribution in [0.3, 0.4) is 0 Å². The highest BCUT2D eigenvalue weighted by molar-refractivity contribution is 6.34. The Labute approximate surface area is 176 Å². The zero-order valence-corrected chi connectivity index (χ0v) is 17.4. The van der Waals surface area contributed by atoms with Gasteiger partial charge in [0.25, 0.3) is 5.88 Å².